The molecule has 0 radical (unpaired) electrons. The van der Waals surface area contributed by atoms with E-state index in [1.54, 1.807) is 4.90 Å². The van der Waals surface area contributed by atoms with Crippen LogP contribution in [-0.2, 0) is 4.79 Å². The molecule has 0 saturated carbocycles. The first-order valence-corrected chi connectivity index (χ1v) is 6.07. The fraction of sp³-hybridized carbons (Fsp3) is 0.833. The van der Waals surface area contributed by atoms with Crippen LogP contribution in [0.1, 0.15) is 39.5 Å². The second-order valence-corrected chi connectivity index (χ2v) is 4.58. The molecule has 1 aliphatic heterocycles. The molecular formula is C12H21N3O. The second-order valence-electron chi connectivity index (χ2n) is 4.58. The predicted molar refractivity (Wildman–Crippen MR) is 62.4 cm³/mol. The van der Waals surface area contributed by atoms with Gasteiger partial charge in [0, 0.05) is 6.54 Å². The van der Waals surface area contributed by atoms with E-state index in [-0.39, 0.29) is 17.9 Å². The summed E-state index contributed by atoms with van der Waals surface area (Å²) in [4.78, 5) is 13.8. The fourth-order valence-corrected chi connectivity index (χ4v) is 2.02. The Kier molecular flexibility index (Phi) is 4.75. The monoisotopic (exact) mass is 223 g/mol. The maximum Gasteiger partial charge on any atom is 0.240 e. The van der Waals surface area contributed by atoms with Crippen molar-refractivity contribution in [2.24, 2.45) is 11.7 Å². The summed E-state index contributed by atoms with van der Waals surface area (Å²) in [5.74, 6) is 0.120. The molecular weight excluding hydrogens is 202 g/mol. The molecule has 1 fully saturated rings. The van der Waals surface area contributed by atoms with Crippen molar-refractivity contribution in [1.82, 2.24) is 4.90 Å². The van der Waals surface area contributed by atoms with Gasteiger partial charge in [0.25, 0.3) is 0 Å². The minimum atomic E-state index is -0.459. The highest BCUT2D eigenvalue weighted by Crippen LogP contribution is 2.19. The molecule has 4 nitrogen and oxygen atoms in total. The molecule has 0 aromatic rings. The summed E-state index contributed by atoms with van der Waals surface area (Å²) in [6, 6.07) is 1.47. The number of rotatable bonds is 3. The van der Waals surface area contributed by atoms with Crippen molar-refractivity contribution in [3.63, 3.8) is 0 Å². The van der Waals surface area contributed by atoms with E-state index in [0.29, 0.717) is 6.54 Å². The SMILES string of the molecule is CCC(C)[C@H](N)C(=O)N1CCCC[C@H]1C#N. The zero-order valence-electron chi connectivity index (χ0n) is 10.1. The van der Waals surface area contributed by atoms with Crippen molar-refractivity contribution in [3.8, 4) is 6.07 Å². The summed E-state index contributed by atoms with van der Waals surface area (Å²) in [6.07, 6.45) is 3.69. The Morgan fingerprint density at radius 3 is 2.88 bits per heavy atom. The van der Waals surface area contributed by atoms with Crippen molar-refractivity contribution in [1.29, 1.82) is 5.26 Å². The Morgan fingerprint density at radius 2 is 2.31 bits per heavy atom. The lowest BCUT2D eigenvalue weighted by atomic mass is 9.96. The van der Waals surface area contributed by atoms with Gasteiger partial charge in [-0.25, -0.2) is 0 Å². The zero-order chi connectivity index (χ0) is 12.1. The molecule has 0 aromatic carbocycles. The smallest absolute Gasteiger partial charge is 0.240 e. The Labute approximate surface area is 97.4 Å². The topological polar surface area (TPSA) is 70.1 Å². The average Bonchev–Trinajstić information content (AvgIpc) is 2.35. The maximum absolute atomic E-state index is 12.1. The van der Waals surface area contributed by atoms with E-state index in [4.69, 9.17) is 11.0 Å². The van der Waals surface area contributed by atoms with Gasteiger partial charge in [0.15, 0.2) is 0 Å². The van der Waals surface area contributed by atoms with Crippen LogP contribution in [0.4, 0.5) is 0 Å². The number of hydrogen-bond donors (Lipinski definition) is 1. The van der Waals surface area contributed by atoms with E-state index in [0.717, 1.165) is 25.7 Å². The van der Waals surface area contributed by atoms with Crippen LogP contribution < -0.4 is 5.73 Å². The van der Waals surface area contributed by atoms with Crippen LogP contribution in [0.2, 0.25) is 0 Å². The van der Waals surface area contributed by atoms with E-state index < -0.39 is 6.04 Å². The largest absolute Gasteiger partial charge is 0.325 e. The number of nitrogens with zero attached hydrogens (tertiary/aromatic N) is 2. The highest BCUT2D eigenvalue weighted by Gasteiger charge is 2.31. The van der Waals surface area contributed by atoms with Gasteiger partial charge in [-0.05, 0) is 25.2 Å². The van der Waals surface area contributed by atoms with Crippen molar-refractivity contribution in [3.05, 3.63) is 0 Å². The van der Waals surface area contributed by atoms with E-state index in [1.807, 2.05) is 13.8 Å². The molecule has 0 aliphatic carbocycles. The molecule has 1 unspecified atom stereocenters. The molecule has 1 heterocycles. The highest BCUT2D eigenvalue weighted by molar-refractivity contribution is 5.82. The summed E-state index contributed by atoms with van der Waals surface area (Å²) >= 11 is 0. The van der Waals surface area contributed by atoms with E-state index >= 15 is 0 Å². The lowest BCUT2D eigenvalue weighted by molar-refractivity contribution is -0.136. The minimum absolute atomic E-state index is 0.0550. The summed E-state index contributed by atoms with van der Waals surface area (Å²) in [7, 11) is 0. The van der Waals surface area contributed by atoms with Gasteiger partial charge < -0.3 is 10.6 Å². The van der Waals surface area contributed by atoms with E-state index in [9.17, 15) is 4.79 Å². The summed E-state index contributed by atoms with van der Waals surface area (Å²) in [6.45, 7) is 4.69. The molecule has 3 atom stereocenters. The first-order valence-electron chi connectivity index (χ1n) is 6.07. The standard InChI is InChI=1S/C12H21N3O/c1-3-9(2)11(14)12(16)15-7-5-4-6-10(15)8-13/h9-11H,3-7,14H2,1-2H3/t9?,10-,11-/m0/s1. The zero-order valence-corrected chi connectivity index (χ0v) is 10.1. The molecule has 0 aromatic heterocycles. The molecule has 90 valence electrons. The molecule has 1 saturated heterocycles. The Hall–Kier alpha value is -1.08. The molecule has 0 spiro atoms. The van der Waals surface area contributed by atoms with Crippen LogP contribution in [0.15, 0.2) is 0 Å². The van der Waals surface area contributed by atoms with Crippen LogP contribution in [0.3, 0.4) is 0 Å². The highest BCUT2D eigenvalue weighted by atomic mass is 16.2. The third kappa shape index (κ3) is 2.73. The van der Waals surface area contributed by atoms with Gasteiger partial charge in [0.1, 0.15) is 6.04 Å². The second kappa shape index (κ2) is 5.86. The Morgan fingerprint density at radius 1 is 1.62 bits per heavy atom. The number of carbonyl (C=O) groups excluding carboxylic acids is 1. The Balaban J connectivity index is 2.68. The van der Waals surface area contributed by atoms with Gasteiger partial charge in [0.05, 0.1) is 12.1 Å². The minimum Gasteiger partial charge on any atom is -0.325 e. The van der Waals surface area contributed by atoms with Crippen LogP contribution in [0, 0.1) is 17.2 Å². The maximum atomic E-state index is 12.1. The van der Waals surface area contributed by atoms with Crippen molar-refractivity contribution >= 4 is 5.91 Å². The van der Waals surface area contributed by atoms with Crippen LogP contribution in [0.25, 0.3) is 0 Å². The first kappa shape index (κ1) is 13.0. The molecule has 16 heavy (non-hydrogen) atoms. The quantitative estimate of drug-likeness (QED) is 0.783. The number of nitrogens with two attached hydrogens (primary N) is 1. The normalized spacial score (nSPS) is 24.6. The Bertz CT molecular complexity index is 284. The van der Waals surface area contributed by atoms with Gasteiger partial charge in [-0.1, -0.05) is 20.3 Å². The van der Waals surface area contributed by atoms with Crippen LogP contribution in [0.5, 0.6) is 0 Å². The number of amides is 1. The average molecular weight is 223 g/mol. The molecule has 0 bridgehead atoms. The summed E-state index contributed by atoms with van der Waals surface area (Å²) < 4.78 is 0. The lowest BCUT2D eigenvalue weighted by Gasteiger charge is -2.34. The van der Waals surface area contributed by atoms with Crippen molar-refractivity contribution < 1.29 is 4.79 Å². The van der Waals surface area contributed by atoms with Gasteiger partial charge in [-0.2, -0.15) is 5.26 Å². The third-order valence-corrected chi connectivity index (χ3v) is 3.48. The van der Waals surface area contributed by atoms with E-state index in [1.165, 1.54) is 0 Å². The van der Waals surface area contributed by atoms with Gasteiger partial charge in [0.2, 0.25) is 5.91 Å². The number of carbonyl (C=O) groups is 1. The first-order chi connectivity index (χ1) is 7.61. The van der Waals surface area contributed by atoms with Gasteiger partial charge >= 0.3 is 0 Å². The lowest BCUT2D eigenvalue weighted by Crippen LogP contribution is -2.52. The molecule has 2 N–H and O–H groups in total. The third-order valence-electron chi connectivity index (χ3n) is 3.48. The molecule has 1 amide bonds. The van der Waals surface area contributed by atoms with Crippen molar-refractivity contribution in [2.45, 2.75) is 51.6 Å². The number of likely N-dealkylation sites (tertiary alicyclic amines) is 1. The predicted octanol–water partition coefficient (Wildman–Crippen LogP) is 1.26. The molecule has 1 aliphatic rings. The molecule has 4 heteroatoms. The van der Waals surface area contributed by atoms with Crippen molar-refractivity contribution in [2.75, 3.05) is 6.54 Å². The van der Waals surface area contributed by atoms with Crippen LogP contribution in [-0.4, -0.2) is 29.4 Å². The molecule has 1 rings (SSSR count). The van der Waals surface area contributed by atoms with E-state index in [2.05, 4.69) is 6.07 Å². The van der Waals surface area contributed by atoms with Gasteiger partial charge in [-0.15, -0.1) is 0 Å². The summed E-state index contributed by atoms with van der Waals surface area (Å²) in [5.41, 5.74) is 5.92. The number of piperidine rings is 1. The fourth-order valence-electron chi connectivity index (χ4n) is 2.02. The number of hydrogen-bond acceptors (Lipinski definition) is 3. The van der Waals surface area contributed by atoms with Gasteiger partial charge in [-0.3, -0.25) is 4.79 Å². The summed E-state index contributed by atoms with van der Waals surface area (Å²) in [5, 5.41) is 9.00. The van der Waals surface area contributed by atoms with Crippen LogP contribution >= 0.6 is 0 Å². The number of nitriles is 1.